The van der Waals surface area contributed by atoms with Crippen molar-refractivity contribution in [3.63, 3.8) is 0 Å². The Hall–Kier alpha value is -3.27. The SMILES string of the molecule is Cc1scnc1C(=O)Nc1cnn2ccc(-c3ccccc3C(F)(F)F)nc12. The van der Waals surface area contributed by atoms with Crippen LogP contribution in [0.1, 0.15) is 20.9 Å². The largest absolute Gasteiger partial charge is 0.417 e. The number of anilines is 1. The van der Waals surface area contributed by atoms with Gasteiger partial charge in [-0.25, -0.2) is 14.5 Å². The minimum Gasteiger partial charge on any atom is -0.316 e. The number of hydrogen-bond acceptors (Lipinski definition) is 5. The van der Waals surface area contributed by atoms with Crippen molar-refractivity contribution in [2.45, 2.75) is 13.1 Å². The minimum absolute atomic E-state index is 0.0497. The van der Waals surface area contributed by atoms with E-state index in [0.29, 0.717) is 0 Å². The van der Waals surface area contributed by atoms with Gasteiger partial charge < -0.3 is 5.32 Å². The second-order valence-electron chi connectivity index (χ2n) is 5.89. The zero-order valence-electron chi connectivity index (χ0n) is 14.4. The first-order valence-electron chi connectivity index (χ1n) is 8.07. The Labute approximate surface area is 160 Å². The van der Waals surface area contributed by atoms with Gasteiger partial charge in [-0.2, -0.15) is 18.3 Å². The van der Waals surface area contributed by atoms with Gasteiger partial charge in [-0.15, -0.1) is 11.3 Å². The highest BCUT2D eigenvalue weighted by Crippen LogP contribution is 2.36. The van der Waals surface area contributed by atoms with Crippen LogP contribution >= 0.6 is 11.3 Å². The molecule has 0 aliphatic rings. The first-order chi connectivity index (χ1) is 13.3. The molecule has 142 valence electrons. The molecule has 3 heterocycles. The molecule has 4 aromatic rings. The third-order valence-corrected chi connectivity index (χ3v) is 4.84. The number of fused-ring (bicyclic) bond motifs is 1. The summed E-state index contributed by atoms with van der Waals surface area (Å²) >= 11 is 1.34. The van der Waals surface area contributed by atoms with Gasteiger partial charge in [-0.05, 0) is 19.1 Å². The summed E-state index contributed by atoms with van der Waals surface area (Å²) in [6.07, 6.45) is -1.63. The topological polar surface area (TPSA) is 72.2 Å². The Bertz CT molecular complexity index is 1180. The molecule has 0 aliphatic carbocycles. The zero-order valence-corrected chi connectivity index (χ0v) is 15.2. The average Bonchev–Trinajstić information content (AvgIpc) is 3.27. The lowest BCUT2D eigenvalue weighted by Gasteiger charge is -2.12. The highest BCUT2D eigenvalue weighted by Gasteiger charge is 2.33. The summed E-state index contributed by atoms with van der Waals surface area (Å²) in [4.78, 5) is 21.5. The normalized spacial score (nSPS) is 11.7. The van der Waals surface area contributed by atoms with Crippen molar-refractivity contribution in [1.82, 2.24) is 19.6 Å². The fourth-order valence-corrected chi connectivity index (χ4v) is 3.34. The number of aromatic nitrogens is 4. The maximum atomic E-state index is 13.3. The monoisotopic (exact) mass is 403 g/mol. The molecule has 0 saturated carbocycles. The molecule has 0 aliphatic heterocycles. The summed E-state index contributed by atoms with van der Waals surface area (Å²) in [6.45, 7) is 1.77. The van der Waals surface area contributed by atoms with Crippen LogP contribution in [-0.4, -0.2) is 25.5 Å². The molecule has 0 radical (unpaired) electrons. The Balaban J connectivity index is 1.76. The highest BCUT2D eigenvalue weighted by atomic mass is 32.1. The predicted octanol–water partition coefficient (Wildman–Crippen LogP) is 4.43. The van der Waals surface area contributed by atoms with Crippen molar-refractivity contribution in [2.75, 3.05) is 5.32 Å². The number of halogens is 3. The minimum atomic E-state index is -4.51. The molecule has 3 aromatic heterocycles. The Kier molecular flexibility index (Phi) is 4.34. The number of hydrogen-bond donors (Lipinski definition) is 1. The Morgan fingerprint density at radius 2 is 2.00 bits per heavy atom. The van der Waals surface area contributed by atoms with Gasteiger partial charge >= 0.3 is 6.18 Å². The van der Waals surface area contributed by atoms with Crippen molar-refractivity contribution < 1.29 is 18.0 Å². The smallest absolute Gasteiger partial charge is 0.316 e. The van der Waals surface area contributed by atoms with E-state index in [0.717, 1.165) is 10.9 Å². The van der Waals surface area contributed by atoms with E-state index in [2.05, 4.69) is 20.4 Å². The molecule has 1 aromatic carbocycles. The molecule has 4 rings (SSSR count). The van der Waals surface area contributed by atoms with Crippen LogP contribution in [0.15, 0.2) is 48.2 Å². The van der Waals surface area contributed by atoms with E-state index in [4.69, 9.17) is 0 Å². The maximum Gasteiger partial charge on any atom is 0.417 e. The first kappa shape index (κ1) is 18.1. The van der Waals surface area contributed by atoms with Crippen LogP contribution in [-0.2, 0) is 6.18 Å². The summed E-state index contributed by atoms with van der Waals surface area (Å²) in [6, 6.07) is 6.65. The fraction of sp³-hybridized carbons (Fsp3) is 0.111. The molecule has 10 heteroatoms. The summed E-state index contributed by atoms with van der Waals surface area (Å²) in [5.41, 5.74) is 1.65. The number of carbonyl (C=O) groups excluding carboxylic acids is 1. The molecule has 0 atom stereocenters. The van der Waals surface area contributed by atoms with Gasteiger partial charge in [-0.1, -0.05) is 18.2 Å². The van der Waals surface area contributed by atoms with E-state index in [1.54, 1.807) is 12.4 Å². The van der Waals surface area contributed by atoms with E-state index in [1.807, 2.05) is 0 Å². The van der Waals surface area contributed by atoms with Gasteiger partial charge in [0.05, 0.1) is 23.0 Å². The van der Waals surface area contributed by atoms with Crippen LogP contribution in [0.5, 0.6) is 0 Å². The molecule has 1 amide bonds. The zero-order chi connectivity index (χ0) is 19.9. The molecule has 0 fully saturated rings. The number of nitrogens with one attached hydrogen (secondary N) is 1. The molecular weight excluding hydrogens is 391 g/mol. The molecule has 0 bridgehead atoms. The molecule has 0 spiro atoms. The van der Waals surface area contributed by atoms with Crippen molar-refractivity contribution >= 4 is 28.6 Å². The van der Waals surface area contributed by atoms with Gasteiger partial charge in [0, 0.05) is 16.6 Å². The van der Waals surface area contributed by atoms with Crippen molar-refractivity contribution in [1.29, 1.82) is 0 Å². The number of carbonyl (C=O) groups is 1. The van der Waals surface area contributed by atoms with E-state index in [9.17, 15) is 18.0 Å². The maximum absolute atomic E-state index is 13.3. The van der Waals surface area contributed by atoms with Gasteiger partial charge in [0.25, 0.3) is 5.91 Å². The first-order valence-corrected chi connectivity index (χ1v) is 8.95. The van der Waals surface area contributed by atoms with Crippen LogP contribution < -0.4 is 5.32 Å². The van der Waals surface area contributed by atoms with E-state index in [-0.39, 0.29) is 28.3 Å². The van der Waals surface area contributed by atoms with Crippen LogP contribution in [0.2, 0.25) is 0 Å². The number of thiazole rings is 1. The lowest BCUT2D eigenvalue weighted by Crippen LogP contribution is -2.13. The van der Waals surface area contributed by atoms with E-state index >= 15 is 0 Å². The van der Waals surface area contributed by atoms with Gasteiger partial charge in [0.2, 0.25) is 0 Å². The van der Waals surface area contributed by atoms with Crippen LogP contribution in [0, 0.1) is 6.92 Å². The molecule has 0 unspecified atom stereocenters. The van der Waals surface area contributed by atoms with Gasteiger partial charge in [0.15, 0.2) is 5.65 Å². The molecule has 1 N–H and O–H groups in total. The third kappa shape index (κ3) is 3.22. The molecule has 0 saturated heterocycles. The standard InChI is InChI=1S/C18H12F3N5OS/c1-10-15(22-9-28-10)17(27)25-14-8-23-26-7-6-13(24-16(14)26)11-4-2-3-5-12(11)18(19,20)21/h2-9H,1H3,(H,25,27). The number of rotatable bonds is 3. The molecule has 6 nitrogen and oxygen atoms in total. The summed E-state index contributed by atoms with van der Waals surface area (Å²) in [5, 5.41) is 6.75. The lowest BCUT2D eigenvalue weighted by molar-refractivity contribution is -0.137. The number of nitrogens with zero attached hydrogens (tertiary/aromatic N) is 4. The molecular formula is C18H12F3N5OS. The summed E-state index contributed by atoms with van der Waals surface area (Å²) in [5.74, 6) is -0.434. The fourth-order valence-electron chi connectivity index (χ4n) is 2.77. The van der Waals surface area contributed by atoms with Gasteiger partial charge in [0.1, 0.15) is 11.4 Å². The van der Waals surface area contributed by atoms with Crippen LogP contribution in [0.25, 0.3) is 16.9 Å². The van der Waals surface area contributed by atoms with E-state index in [1.165, 1.54) is 52.5 Å². The second kappa shape index (κ2) is 6.71. The predicted molar refractivity (Wildman–Crippen MR) is 98.2 cm³/mol. The quantitative estimate of drug-likeness (QED) is 0.549. The summed E-state index contributed by atoms with van der Waals surface area (Å²) in [7, 11) is 0. The van der Waals surface area contributed by atoms with Crippen LogP contribution in [0.3, 0.4) is 0 Å². The Morgan fingerprint density at radius 3 is 2.71 bits per heavy atom. The van der Waals surface area contributed by atoms with E-state index < -0.39 is 17.6 Å². The van der Waals surface area contributed by atoms with Gasteiger partial charge in [-0.3, -0.25) is 4.79 Å². The van der Waals surface area contributed by atoms with Crippen molar-refractivity contribution in [3.05, 3.63) is 64.4 Å². The van der Waals surface area contributed by atoms with Crippen LogP contribution in [0.4, 0.5) is 18.9 Å². The number of alkyl halides is 3. The molecule has 28 heavy (non-hydrogen) atoms. The lowest BCUT2D eigenvalue weighted by atomic mass is 10.0. The average molecular weight is 403 g/mol. The number of amides is 1. The van der Waals surface area contributed by atoms with Crippen molar-refractivity contribution in [2.24, 2.45) is 0 Å². The van der Waals surface area contributed by atoms with Crippen molar-refractivity contribution in [3.8, 4) is 11.3 Å². The number of aryl methyl sites for hydroxylation is 1. The third-order valence-electron chi connectivity index (χ3n) is 4.09. The highest BCUT2D eigenvalue weighted by molar-refractivity contribution is 7.09. The number of benzene rings is 1. The summed E-state index contributed by atoms with van der Waals surface area (Å²) < 4.78 is 41.4. The second-order valence-corrected chi connectivity index (χ2v) is 6.95. The Morgan fingerprint density at radius 1 is 1.21 bits per heavy atom.